The number of amides is 1. The van der Waals surface area contributed by atoms with Gasteiger partial charge >= 0.3 is 6.09 Å². The Morgan fingerprint density at radius 1 is 0.982 bits per heavy atom. The van der Waals surface area contributed by atoms with Crippen LogP contribution in [0.4, 0.5) is 4.79 Å². The molecular formula is C38H66N4O14. The first-order valence-electron chi connectivity index (χ1n) is 20.0. The Hall–Kier alpha value is -2.11. The van der Waals surface area contributed by atoms with E-state index in [9.17, 15) is 9.90 Å². The molecule has 2 saturated heterocycles. The van der Waals surface area contributed by atoms with Crippen molar-refractivity contribution in [2.75, 3.05) is 86.1 Å². The molecule has 2 aliphatic heterocycles. The molecule has 0 bridgehead atoms. The highest BCUT2D eigenvalue weighted by Gasteiger charge is 2.42. The zero-order chi connectivity index (χ0) is 40.3. The van der Waals surface area contributed by atoms with Crippen LogP contribution in [0.25, 0.3) is 0 Å². The molecule has 5 N–H and O–H groups in total. The second-order valence-corrected chi connectivity index (χ2v) is 15.1. The number of aliphatic hydroxyl groups is 1. The van der Waals surface area contributed by atoms with Gasteiger partial charge in [-0.05, 0) is 68.9 Å². The fourth-order valence-electron chi connectivity index (χ4n) is 7.86. The van der Waals surface area contributed by atoms with Crippen LogP contribution in [0.5, 0.6) is 0 Å². The first kappa shape index (κ1) is 46.6. The maximum absolute atomic E-state index is 13.3. The van der Waals surface area contributed by atoms with Gasteiger partial charge in [0.2, 0.25) is 0 Å². The standard InChI is InChI=1S/C38H66N4O14/c1-4-50-23-28(2)24-51-25-29-9-12-31(13-10-29)37-34(43)21-40(38(44)53-18-6-5-8-32(56-42(47)48)27-55-41(45)46)22-36(37)54-26-30-11-14-35-33(20-30)39(16-19-52-35)15-7-17-49-3/h9-10,12-13,28,30,32-37,43,45-48H,4-8,11,14-27H2,1-3H3. The number of likely N-dealkylation sites (tertiary alicyclic amines) is 1. The molecule has 18 heteroatoms. The van der Waals surface area contributed by atoms with Crippen LogP contribution in [0.2, 0.25) is 0 Å². The summed E-state index contributed by atoms with van der Waals surface area (Å²) >= 11 is 0. The molecule has 3 fully saturated rings. The number of methoxy groups -OCH3 is 1. The molecule has 8 atom stereocenters. The van der Waals surface area contributed by atoms with Gasteiger partial charge in [0, 0.05) is 57.9 Å². The third-order valence-corrected chi connectivity index (χ3v) is 10.7. The monoisotopic (exact) mass is 802 g/mol. The fourth-order valence-corrected chi connectivity index (χ4v) is 7.86. The maximum Gasteiger partial charge on any atom is 0.409 e. The van der Waals surface area contributed by atoms with E-state index >= 15 is 0 Å². The van der Waals surface area contributed by atoms with Gasteiger partial charge in [-0.25, -0.2) is 14.5 Å². The number of benzene rings is 1. The molecule has 56 heavy (non-hydrogen) atoms. The Bertz CT molecular complexity index is 1220. The van der Waals surface area contributed by atoms with Crippen LogP contribution in [0.3, 0.4) is 0 Å². The van der Waals surface area contributed by atoms with Crippen molar-refractivity contribution < 1.29 is 68.8 Å². The van der Waals surface area contributed by atoms with Crippen molar-refractivity contribution in [3.05, 3.63) is 35.4 Å². The van der Waals surface area contributed by atoms with E-state index in [-0.39, 0.29) is 50.7 Å². The van der Waals surface area contributed by atoms with Crippen LogP contribution in [-0.2, 0) is 44.7 Å². The second kappa shape index (κ2) is 25.4. The smallest absolute Gasteiger partial charge is 0.409 e. The van der Waals surface area contributed by atoms with Crippen molar-refractivity contribution in [2.45, 2.75) is 102 Å². The Morgan fingerprint density at radius 2 is 1.77 bits per heavy atom. The van der Waals surface area contributed by atoms with Crippen molar-refractivity contribution in [1.29, 1.82) is 0 Å². The van der Waals surface area contributed by atoms with Gasteiger partial charge in [0.15, 0.2) is 0 Å². The lowest BCUT2D eigenvalue weighted by Crippen LogP contribution is -2.55. The van der Waals surface area contributed by atoms with Gasteiger partial charge < -0.3 is 38.4 Å². The third kappa shape index (κ3) is 15.9. The maximum atomic E-state index is 13.3. The van der Waals surface area contributed by atoms with Crippen LogP contribution in [0.1, 0.15) is 75.8 Å². The normalized spacial score (nSPS) is 25.7. The summed E-state index contributed by atoms with van der Waals surface area (Å²) in [5.41, 5.74) is 1.94. The molecule has 1 aliphatic carbocycles. The highest BCUT2D eigenvalue weighted by Crippen LogP contribution is 2.36. The summed E-state index contributed by atoms with van der Waals surface area (Å²) in [7, 11) is 1.73. The Balaban J connectivity index is 1.36. The number of carbonyl (C=O) groups is 1. The molecule has 0 aromatic heterocycles. The number of hydrogen-bond donors (Lipinski definition) is 5. The first-order chi connectivity index (χ1) is 27.1. The highest BCUT2D eigenvalue weighted by molar-refractivity contribution is 5.68. The Kier molecular flexibility index (Phi) is 21.1. The van der Waals surface area contributed by atoms with E-state index in [1.54, 1.807) is 7.11 Å². The van der Waals surface area contributed by atoms with Crippen LogP contribution in [0, 0.1) is 11.8 Å². The number of unbranched alkanes of at least 4 members (excludes halogenated alkanes) is 1. The average molecular weight is 803 g/mol. The summed E-state index contributed by atoms with van der Waals surface area (Å²) in [6.07, 6.45) is 2.23. The molecule has 1 aromatic carbocycles. The number of hydrogen-bond acceptors (Lipinski definition) is 17. The van der Waals surface area contributed by atoms with Crippen LogP contribution in [-0.4, -0.2) is 169 Å². The average Bonchev–Trinajstić information content (AvgIpc) is 3.18. The molecule has 18 nitrogen and oxygen atoms in total. The predicted octanol–water partition coefficient (Wildman–Crippen LogP) is 3.63. The van der Waals surface area contributed by atoms with Gasteiger partial charge in [-0.1, -0.05) is 31.2 Å². The minimum Gasteiger partial charge on any atom is -0.449 e. The van der Waals surface area contributed by atoms with Crippen LogP contribution in [0.15, 0.2) is 24.3 Å². The zero-order valence-corrected chi connectivity index (χ0v) is 33.3. The topological polar surface area (TPSA) is 205 Å². The summed E-state index contributed by atoms with van der Waals surface area (Å²) in [6, 6.07) is 8.37. The van der Waals surface area contributed by atoms with Crippen LogP contribution < -0.4 is 0 Å². The number of piperidine rings is 1. The second-order valence-electron chi connectivity index (χ2n) is 15.1. The lowest BCUT2D eigenvalue weighted by atomic mass is 9.82. The van der Waals surface area contributed by atoms with Gasteiger partial charge in [-0.2, -0.15) is 0 Å². The molecular weight excluding hydrogens is 736 g/mol. The lowest BCUT2D eigenvalue weighted by Gasteiger charge is -2.46. The molecule has 3 aliphatic rings. The molecule has 2 heterocycles. The summed E-state index contributed by atoms with van der Waals surface area (Å²) in [5.74, 6) is 0.218. The Morgan fingerprint density at radius 3 is 2.50 bits per heavy atom. The quantitative estimate of drug-likeness (QED) is 0.0707. The summed E-state index contributed by atoms with van der Waals surface area (Å²) < 4.78 is 35.2. The van der Waals surface area contributed by atoms with Gasteiger partial charge in [0.1, 0.15) is 12.7 Å². The number of rotatable bonds is 25. The number of ether oxygens (including phenoxy) is 6. The highest BCUT2D eigenvalue weighted by atomic mass is 17.1. The number of morpholine rings is 1. The molecule has 322 valence electrons. The molecule has 0 radical (unpaired) electrons. The Labute approximate surface area is 330 Å². The summed E-state index contributed by atoms with van der Waals surface area (Å²) in [5, 5.41) is 46.1. The summed E-state index contributed by atoms with van der Waals surface area (Å²) in [4.78, 5) is 26.6. The van der Waals surface area contributed by atoms with Gasteiger partial charge in [-0.3, -0.25) is 25.7 Å². The largest absolute Gasteiger partial charge is 0.449 e. The molecule has 4 rings (SSSR count). The van der Waals surface area contributed by atoms with E-state index in [2.05, 4.69) is 16.7 Å². The van der Waals surface area contributed by atoms with E-state index in [1.807, 2.05) is 31.2 Å². The molecule has 1 amide bonds. The first-order valence-corrected chi connectivity index (χ1v) is 20.0. The number of fused-ring (bicyclic) bond motifs is 1. The van der Waals surface area contributed by atoms with Gasteiger partial charge in [0.25, 0.3) is 0 Å². The van der Waals surface area contributed by atoms with Crippen molar-refractivity contribution in [2.24, 2.45) is 11.8 Å². The fraction of sp³-hybridized carbons (Fsp3) is 0.816. The zero-order valence-electron chi connectivity index (χ0n) is 33.3. The number of aliphatic hydroxyl groups excluding tert-OH is 1. The van der Waals surface area contributed by atoms with Crippen molar-refractivity contribution in [1.82, 2.24) is 20.6 Å². The van der Waals surface area contributed by atoms with Crippen molar-refractivity contribution >= 4 is 6.09 Å². The number of carbonyl (C=O) groups excluding carboxylic acids is 1. The molecule has 1 aromatic rings. The van der Waals surface area contributed by atoms with Crippen molar-refractivity contribution in [3.8, 4) is 0 Å². The molecule has 8 unspecified atom stereocenters. The number of β-amino-alcohol motifs (C(OH)–C–C–N with tert-alkyl or cyclic N) is 1. The van der Waals surface area contributed by atoms with E-state index in [4.69, 9.17) is 54.1 Å². The van der Waals surface area contributed by atoms with E-state index in [1.165, 1.54) is 4.90 Å². The van der Waals surface area contributed by atoms with Gasteiger partial charge in [-0.15, -0.1) is 0 Å². The predicted molar refractivity (Wildman–Crippen MR) is 198 cm³/mol. The summed E-state index contributed by atoms with van der Waals surface area (Å²) in [6.45, 7) is 10.3. The lowest BCUT2D eigenvalue weighted by molar-refractivity contribution is -0.527. The van der Waals surface area contributed by atoms with E-state index in [0.29, 0.717) is 57.8 Å². The third-order valence-electron chi connectivity index (χ3n) is 10.7. The van der Waals surface area contributed by atoms with Gasteiger partial charge in [0.05, 0.1) is 75.2 Å². The minimum atomic E-state index is -0.926. The SMILES string of the molecule is CCOCC(C)COCc1ccc(C2C(O)CN(C(=O)OCCCCC(CON(O)O)ON(O)O)CC2OCC2CCC3OCCN(CCCOC)C3C2)cc1. The molecule has 1 saturated carbocycles. The number of nitrogens with zero attached hydrogens (tertiary/aromatic N) is 4. The van der Waals surface area contributed by atoms with E-state index in [0.717, 1.165) is 63.1 Å². The molecule has 0 spiro atoms. The van der Waals surface area contributed by atoms with Crippen LogP contribution >= 0.6 is 0 Å². The minimum absolute atomic E-state index is 0.0591. The van der Waals surface area contributed by atoms with E-state index < -0.39 is 35.2 Å². The van der Waals surface area contributed by atoms with Crippen molar-refractivity contribution in [3.63, 3.8) is 0 Å².